The predicted octanol–water partition coefficient (Wildman–Crippen LogP) is 2.03. The molecule has 2 aromatic carbocycles. The maximum Gasteiger partial charge on any atom is 0.248 e. The van der Waals surface area contributed by atoms with E-state index in [-0.39, 0.29) is 5.91 Å². The van der Waals surface area contributed by atoms with E-state index in [1.165, 1.54) is 0 Å². The zero-order valence-electron chi connectivity index (χ0n) is 15.6. The third-order valence-electron chi connectivity index (χ3n) is 5.09. The molecule has 4 rings (SSSR count). The molecule has 1 aliphatic rings. The zero-order valence-corrected chi connectivity index (χ0v) is 15.6. The number of nitrogens with two attached hydrogens (primary N) is 1. The summed E-state index contributed by atoms with van der Waals surface area (Å²) >= 11 is 0. The molecule has 0 unspecified atom stereocenters. The van der Waals surface area contributed by atoms with Gasteiger partial charge in [0.15, 0.2) is 5.82 Å². The Morgan fingerprint density at radius 1 is 1.18 bits per heavy atom. The second kappa shape index (κ2) is 7.26. The SMILES string of the molecule is Cc1ccc(C(N)=O)cc1-c1ccc2c(N3CCNC(=O)CC3)nncc2c1. The standard InChI is InChI=1S/C21H21N5O2/c1-13-2-3-15(20(22)28)11-18(13)14-4-5-17-16(10-14)12-24-25-21(17)26-8-6-19(27)23-7-9-26/h2-5,10-12H,6-9H2,1H3,(H2,22,28)(H,23,27). The molecule has 1 saturated heterocycles. The van der Waals surface area contributed by atoms with Crippen LogP contribution in [0.25, 0.3) is 21.9 Å². The van der Waals surface area contributed by atoms with Gasteiger partial charge in [0.1, 0.15) is 0 Å². The molecule has 1 aliphatic heterocycles. The van der Waals surface area contributed by atoms with Crippen molar-refractivity contribution in [3.63, 3.8) is 0 Å². The van der Waals surface area contributed by atoms with Crippen LogP contribution in [0.1, 0.15) is 22.3 Å². The van der Waals surface area contributed by atoms with E-state index in [2.05, 4.69) is 20.4 Å². The van der Waals surface area contributed by atoms with E-state index in [4.69, 9.17) is 5.73 Å². The highest BCUT2D eigenvalue weighted by atomic mass is 16.2. The number of anilines is 1. The topological polar surface area (TPSA) is 101 Å². The van der Waals surface area contributed by atoms with Crippen LogP contribution in [0.3, 0.4) is 0 Å². The van der Waals surface area contributed by atoms with E-state index in [1.807, 2.05) is 37.3 Å². The van der Waals surface area contributed by atoms with Gasteiger partial charge >= 0.3 is 0 Å². The van der Waals surface area contributed by atoms with Gasteiger partial charge in [0.05, 0.1) is 6.20 Å². The fourth-order valence-electron chi connectivity index (χ4n) is 3.54. The molecule has 0 aliphatic carbocycles. The Hall–Kier alpha value is -3.48. The molecule has 7 nitrogen and oxygen atoms in total. The van der Waals surface area contributed by atoms with Crippen molar-refractivity contribution in [2.45, 2.75) is 13.3 Å². The summed E-state index contributed by atoms with van der Waals surface area (Å²) in [6, 6.07) is 11.5. The first-order valence-electron chi connectivity index (χ1n) is 9.21. The van der Waals surface area contributed by atoms with Gasteiger partial charge in [-0.3, -0.25) is 9.59 Å². The Kier molecular flexibility index (Phi) is 4.65. The number of hydrogen-bond acceptors (Lipinski definition) is 5. The molecular formula is C21H21N5O2. The lowest BCUT2D eigenvalue weighted by Gasteiger charge is -2.21. The van der Waals surface area contributed by atoms with Crippen LogP contribution in [0.5, 0.6) is 0 Å². The molecule has 1 aromatic heterocycles. The van der Waals surface area contributed by atoms with Gasteiger partial charge in [-0.05, 0) is 47.9 Å². The van der Waals surface area contributed by atoms with Gasteiger partial charge in [-0.25, -0.2) is 0 Å². The summed E-state index contributed by atoms with van der Waals surface area (Å²) in [7, 11) is 0. The maximum absolute atomic E-state index is 11.6. The second-order valence-corrected chi connectivity index (χ2v) is 6.95. The minimum atomic E-state index is -0.445. The molecule has 3 N–H and O–H groups in total. The molecule has 0 spiro atoms. The van der Waals surface area contributed by atoms with E-state index in [0.717, 1.165) is 33.3 Å². The molecule has 3 aromatic rings. The highest BCUT2D eigenvalue weighted by Crippen LogP contribution is 2.31. The molecule has 7 heteroatoms. The Bertz CT molecular complexity index is 1080. The number of nitrogens with one attached hydrogen (secondary N) is 1. The number of fused-ring (bicyclic) bond motifs is 1. The van der Waals surface area contributed by atoms with Gasteiger partial charge in [-0.1, -0.05) is 12.1 Å². The smallest absolute Gasteiger partial charge is 0.248 e. The largest absolute Gasteiger partial charge is 0.366 e. The first-order valence-corrected chi connectivity index (χ1v) is 9.21. The molecule has 28 heavy (non-hydrogen) atoms. The number of aromatic nitrogens is 2. The van der Waals surface area contributed by atoms with Crippen LogP contribution in [0, 0.1) is 6.92 Å². The summed E-state index contributed by atoms with van der Waals surface area (Å²) in [5, 5.41) is 13.3. The first-order chi connectivity index (χ1) is 13.5. The summed E-state index contributed by atoms with van der Waals surface area (Å²) < 4.78 is 0. The number of rotatable bonds is 3. The highest BCUT2D eigenvalue weighted by Gasteiger charge is 2.18. The number of hydrogen-bond donors (Lipinski definition) is 2. The van der Waals surface area contributed by atoms with Crippen LogP contribution < -0.4 is 16.0 Å². The van der Waals surface area contributed by atoms with Gasteiger partial charge in [-0.15, -0.1) is 5.10 Å². The molecule has 1 fully saturated rings. The number of primary amides is 1. The highest BCUT2D eigenvalue weighted by molar-refractivity contribution is 5.97. The van der Waals surface area contributed by atoms with Gasteiger partial charge in [0.25, 0.3) is 0 Å². The van der Waals surface area contributed by atoms with E-state index in [1.54, 1.807) is 12.3 Å². The summed E-state index contributed by atoms with van der Waals surface area (Å²) in [5.41, 5.74) is 8.92. The van der Waals surface area contributed by atoms with Crippen molar-refractivity contribution >= 4 is 28.4 Å². The lowest BCUT2D eigenvalue weighted by molar-refractivity contribution is -0.120. The number of carbonyl (C=O) groups is 2. The van der Waals surface area contributed by atoms with Crippen molar-refractivity contribution in [3.8, 4) is 11.1 Å². The quantitative estimate of drug-likeness (QED) is 0.729. The lowest BCUT2D eigenvalue weighted by Crippen LogP contribution is -2.29. The van der Waals surface area contributed by atoms with Gasteiger partial charge in [0, 0.05) is 42.4 Å². The summed E-state index contributed by atoms with van der Waals surface area (Å²) in [5.74, 6) is 0.394. The zero-order chi connectivity index (χ0) is 19.7. The van der Waals surface area contributed by atoms with Crippen molar-refractivity contribution in [2.75, 3.05) is 24.5 Å². The first kappa shape index (κ1) is 17.9. The number of amides is 2. The minimum Gasteiger partial charge on any atom is -0.366 e. The third-order valence-corrected chi connectivity index (χ3v) is 5.09. The van der Waals surface area contributed by atoms with Gasteiger partial charge in [-0.2, -0.15) is 5.10 Å². The predicted molar refractivity (Wildman–Crippen MR) is 108 cm³/mol. The lowest BCUT2D eigenvalue weighted by atomic mass is 9.96. The van der Waals surface area contributed by atoms with Gasteiger partial charge < -0.3 is 16.0 Å². The molecule has 0 radical (unpaired) electrons. The van der Waals surface area contributed by atoms with Crippen LogP contribution in [0.15, 0.2) is 42.6 Å². The van der Waals surface area contributed by atoms with Crippen molar-refractivity contribution in [1.82, 2.24) is 15.5 Å². The maximum atomic E-state index is 11.6. The van der Waals surface area contributed by atoms with Crippen LogP contribution in [0.4, 0.5) is 5.82 Å². The number of aryl methyl sites for hydroxylation is 1. The minimum absolute atomic E-state index is 0.0581. The van der Waals surface area contributed by atoms with Crippen molar-refractivity contribution in [1.29, 1.82) is 0 Å². The van der Waals surface area contributed by atoms with E-state index < -0.39 is 5.91 Å². The van der Waals surface area contributed by atoms with E-state index in [9.17, 15) is 9.59 Å². The number of nitrogens with zero attached hydrogens (tertiary/aromatic N) is 3. The average Bonchev–Trinajstić information content (AvgIpc) is 2.91. The van der Waals surface area contributed by atoms with Crippen LogP contribution in [0.2, 0.25) is 0 Å². The Labute approximate surface area is 162 Å². The summed E-state index contributed by atoms with van der Waals surface area (Å²) in [4.78, 5) is 25.3. The van der Waals surface area contributed by atoms with Crippen LogP contribution in [-0.2, 0) is 4.79 Å². The van der Waals surface area contributed by atoms with Gasteiger partial charge in [0.2, 0.25) is 11.8 Å². The summed E-state index contributed by atoms with van der Waals surface area (Å²) in [6.45, 7) is 3.90. The van der Waals surface area contributed by atoms with Crippen molar-refractivity contribution < 1.29 is 9.59 Å². The Morgan fingerprint density at radius 2 is 2.04 bits per heavy atom. The molecule has 2 heterocycles. The second-order valence-electron chi connectivity index (χ2n) is 6.95. The Balaban J connectivity index is 1.76. The summed E-state index contributed by atoms with van der Waals surface area (Å²) in [6.07, 6.45) is 2.17. The van der Waals surface area contributed by atoms with Crippen molar-refractivity contribution in [2.24, 2.45) is 5.73 Å². The average molecular weight is 375 g/mol. The molecule has 0 atom stereocenters. The Morgan fingerprint density at radius 3 is 2.86 bits per heavy atom. The number of carbonyl (C=O) groups excluding carboxylic acids is 2. The monoisotopic (exact) mass is 375 g/mol. The van der Waals surface area contributed by atoms with E-state index in [0.29, 0.717) is 31.6 Å². The van der Waals surface area contributed by atoms with Crippen molar-refractivity contribution in [3.05, 3.63) is 53.7 Å². The molecular weight excluding hydrogens is 354 g/mol. The fraction of sp³-hybridized carbons (Fsp3) is 0.238. The molecule has 0 bridgehead atoms. The van der Waals surface area contributed by atoms with E-state index >= 15 is 0 Å². The normalized spacial score (nSPS) is 14.6. The molecule has 0 saturated carbocycles. The molecule has 2 amide bonds. The third kappa shape index (κ3) is 3.38. The van der Waals surface area contributed by atoms with Crippen LogP contribution >= 0.6 is 0 Å². The number of benzene rings is 2. The molecule has 142 valence electrons. The van der Waals surface area contributed by atoms with Crippen LogP contribution in [-0.4, -0.2) is 41.6 Å². The fourth-order valence-corrected chi connectivity index (χ4v) is 3.54.